The van der Waals surface area contributed by atoms with Crippen LogP contribution in [0.4, 0.5) is 0 Å². The number of fused-ring (bicyclic) bond motifs is 6. The summed E-state index contributed by atoms with van der Waals surface area (Å²) in [6.07, 6.45) is 0. The van der Waals surface area contributed by atoms with E-state index in [1.54, 1.807) is 0 Å². The van der Waals surface area contributed by atoms with E-state index in [0.29, 0.717) is 17.5 Å². The molecule has 0 unspecified atom stereocenters. The second-order valence-electron chi connectivity index (χ2n) is 15.5. The highest BCUT2D eigenvalue weighted by Gasteiger charge is 2.20. The van der Waals surface area contributed by atoms with Crippen molar-refractivity contribution in [2.24, 2.45) is 0 Å². The third kappa shape index (κ3) is 6.29. The topological polar surface area (TPSA) is 38.7 Å². The fourth-order valence-corrected chi connectivity index (χ4v) is 11.4. The van der Waals surface area contributed by atoms with Gasteiger partial charge in [0.1, 0.15) is 0 Å². The lowest BCUT2D eigenvalue weighted by Crippen LogP contribution is -2.00. The predicted octanol–water partition coefficient (Wildman–Crippen LogP) is 16.3. The smallest absolute Gasteiger partial charge is 0.164 e. The van der Waals surface area contributed by atoms with E-state index in [9.17, 15) is 0 Å². The number of hydrogen-bond acceptors (Lipinski definition) is 5. The molecule has 12 aromatic rings. The highest BCUT2D eigenvalue weighted by molar-refractivity contribution is 7.27. The van der Waals surface area contributed by atoms with Crippen LogP contribution in [-0.2, 0) is 0 Å². The third-order valence-electron chi connectivity index (χ3n) is 11.8. The van der Waals surface area contributed by atoms with E-state index < -0.39 is 0 Å². The van der Waals surface area contributed by atoms with E-state index in [2.05, 4.69) is 194 Å². The lowest BCUT2D eigenvalue weighted by Gasteiger charge is -2.10. The second-order valence-corrected chi connectivity index (χ2v) is 17.6. The van der Waals surface area contributed by atoms with E-state index in [1.165, 1.54) is 84.9 Å². The number of benzene rings is 9. The van der Waals surface area contributed by atoms with Crippen molar-refractivity contribution in [1.82, 2.24) is 15.0 Å². The summed E-state index contributed by atoms with van der Waals surface area (Å²) >= 11 is 3.67. The molecule has 0 aliphatic carbocycles. The number of thiophene rings is 2. The average Bonchev–Trinajstić information content (AvgIpc) is 3.93. The molecule has 62 heavy (non-hydrogen) atoms. The number of nitrogens with zero attached hydrogens (tertiary/aromatic N) is 3. The van der Waals surface area contributed by atoms with Crippen LogP contribution in [0.2, 0.25) is 0 Å². The van der Waals surface area contributed by atoms with Crippen molar-refractivity contribution in [3.63, 3.8) is 0 Å². The first-order valence-electron chi connectivity index (χ1n) is 20.8. The van der Waals surface area contributed by atoms with Gasteiger partial charge in [0.05, 0.1) is 0 Å². The van der Waals surface area contributed by atoms with E-state index in [1.807, 2.05) is 40.9 Å². The average molecular weight is 826 g/mol. The lowest BCUT2D eigenvalue weighted by atomic mass is 9.94. The van der Waals surface area contributed by atoms with Crippen LogP contribution in [0.1, 0.15) is 0 Å². The predicted molar refractivity (Wildman–Crippen MR) is 264 cm³/mol. The summed E-state index contributed by atoms with van der Waals surface area (Å²) in [6.45, 7) is 0. The number of rotatable bonds is 7. The summed E-state index contributed by atoms with van der Waals surface area (Å²) in [6, 6.07) is 75.6. The van der Waals surface area contributed by atoms with Crippen LogP contribution in [0.25, 0.3) is 119 Å². The first-order valence-corrected chi connectivity index (χ1v) is 22.4. The van der Waals surface area contributed by atoms with Gasteiger partial charge in [-0.05, 0) is 56.6 Å². The Kier molecular flexibility index (Phi) is 8.87. The van der Waals surface area contributed by atoms with Gasteiger partial charge < -0.3 is 0 Å². The summed E-state index contributed by atoms with van der Waals surface area (Å²) in [5.41, 5.74) is 12.6. The molecule has 0 aliphatic rings. The van der Waals surface area contributed by atoms with E-state index in [4.69, 9.17) is 15.0 Å². The largest absolute Gasteiger partial charge is 0.208 e. The van der Waals surface area contributed by atoms with E-state index in [0.717, 1.165) is 16.7 Å². The minimum absolute atomic E-state index is 0.647. The zero-order valence-corrected chi connectivity index (χ0v) is 35.0. The molecule has 0 bridgehead atoms. The molecular weight excluding hydrogens is 791 g/mol. The van der Waals surface area contributed by atoms with Gasteiger partial charge in [-0.3, -0.25) is 0 Å². The zero-order chi connectivity index (χ0) is 41.0. The fraction of sp³-hybridized carbons (Fsp3) is 0. The first kappa shape index (κ1) is 36.3. The Bertz CT molecular complexity index is 3380. The van der Waals surface area contributed by atoms with Gasteiger partial charge in [-0.1, -0.05) is 200 Å². The Hall–Kier alpha value is -7.57. The molecular formula is C57H35N3S2. The molecule has 0 radical (unpaired) electrons. The van der Waals surface area contributed by atoms with Crippen molar-refractivity contribution in [3.05, 3.63) is 212 Å². The minimum atomic E-state index is 0.647. The summed E-state index contributed by atoms with van der Waals surface area (Å²) < 4.78 is 4.93. The molecule has 5 heteroatoms. The Balaban J connectivity index is 1.04. The molecule has 0 atom stereocenters. The van der Waals surface area contributed by atoms with Crippen LogP contribution < -0.4 is 0 Å². The molecule has 0 aliphatic heterocycles. The van der Waals surface area contributed by atoms with Gasteiger partial charge >= 0.3 is 0 Å². The van der Waals surface area contributed by atoms with Crippen LogP contribution in [-0.4, -0.2) is 15.0 Å². The van der Waals surface area contributed by atoms with Gasteiger partial charge in [0.15, 0.2) is 17.5 Å². The summed E-state index contributed by atoms with van der Waals surface area (Å²) in [5, 5.41) is 4.99. The van der Waals surface area contributed by atoms with Crippen LogP contribution in [0.5, 0.6) is 0 Å². The molecule has 9 aromatic carbocycles. The van der Waals surface area contributed by atoms with Crippen LogP contribution in [0, 0.1) is 0 Å². The Labute approximate surface area is 366 Å². The van der Waals surface area contributed by atoms with E-state index >= 15 is 0 Å². The SMILES string of the molecule is c1ccc(-c2nc(-c3ccc4c(c3)sc3c(-c5ccccc5)ccc(-c5ccccc5)c34)nc(-c3ccc4c(c3)sc3c(-c5ccccc5)ccc(-c5ccccc5)c34)n2)cc1. The van der Waals surface area contributed by atoms with Gasteiger partial charge in [-0.2, -0.15) is 0 Å². The van der Waals surface area contributed by atoms with Gasteiger partial charge in [0, 0.05) is 57.0 Å². The van der Waals surface area contributed by atoms with Gasteiger partial charge in [0.2, 0.25) is 0 Å². The number of hydrogen-bond donors (Lipinski definition) is 0. The van der Waals surface area contributed by atoms with Crippen molar-refractivity contribution in [2.45, 2.75) is 0 Å². The Morgan fingerprint density at radius 3 is 0.935 bits per heavy atom. The zero-order valence-electron chi connectivity index (χ0n) is 33.4. The first-order chi connectivity index (χ1) is 30.7. The molecule has 0 spiro atoms. The lowest BCUT2D eigenvalue weighted by molar-refractivity contribution is 1.08. The summed E-state index contributed by atoms with van der Waals surface area (Å²) in [7, 11) is 0. The maximum absolute atomic E-state index is 5.27. The Morgan fingerprint density at radius 2 is 0.565 bits per heavy atom. The Morgan fingerprint density at radius 1 is 0.258 bits per heavy atom. The van der Waals surface area contributed by atoms with Crippen molar-refractivity contribution in [1.29, 1.82) is 0 Å². The quantitative estimate of drug-likeness (QED) is 0.161. The normalized spacial score (nSPS) is 11.5. The molecule has 12 rings (SSSR count). The van der Waals surface area contributed by atoms with Crippen LogP contribution in [0.3, 0.4) is 0 Å². The van der Waals surface area contributed by atoms with Crippen molar-refractivity contribution < 1.29 is 0 Å². The molecule has 0 saturated heterocycles. The summed E-state index contributed by atoms with van der Waals surface area (Å²) in [5.74, 6) is 1.94. The maximum atomic E-state index is 5.27. The summed E-state index contributed by atoms with van der Waals surface area (Å²) in [4.78, 5) is 15.6. The van der Waals surface area contributed by atoms with E-state index in [-0.39, 0.29) is 0 Å². The van der Waals surface area contributed by atoms with Crippen molar-refractivity contribution in [2.75, 3.05) is 0 Å². The molecule has 0 amide bonds. The number of aromatic nitrogens is 3. The second kappa shape index (κ2) is 15.2. The monoisotopic (exact) mass is 825 g/mol. The van der Waals surface area contributed by atoms with Gasteiger partial charge in [-0.15, -0.1) is 22.7 Å². The molecule has 3 heterocycles. The third-order valence-corrected chi connectivity index (χ3v) is 14.1. The van der Waals surface area contributed by atoms with Gasteiger partial charge in [0.25, 0.3) is 0 Å². The molecule has 0 saturated carbocycles. The standard InChI is InChI=1S/C57H35N3S2/c1-6-16-36(17-7-1)43-30-32-45(38-20-10-3-11-21-38)53-51(43)47-28-26-41(34-49(47)61-53)56-58-55(40-24-14-5-15-25-40)59-57(60-56)42-27-29-48-50(35-42)62-54-46(39-22-12-4-13-23-39)33-31-44(52(48)54)37-18-8-2-9-19-37/h1-35H. The van der Waals surface area contributed by atoms with Crippen molar-refractivity contribution in [3.8, 4) is 78.7 Å². The molecule has 0 N–H and O–H groups in total. The molecule has 3 nitrogen and oxygen atoms in total. The maximum Gasteiger partial charge on any atom is 0.164 e. The van der Waals surface area contributed by atoms with Crippen molar-refractivity contribution >= 4 is 63.0 Å². The van der Waals surface area contributed by atoms with Crippen LogP contribution >= 0.6 is 22.7 Å². The highest BCUT2D eigenvalue weighted by Crippen LogP contribution is 2.47. The highest BCUT2D eigenvalue weighted by atomic mass is 32.1. The fourth-order valence-electron chi connectivity index (χ4n) is 8.79. The van der Waals surface area contributed by atoms with Gasteiger partial charge in [-0.25, -0.2) is 15.0 Å². The van der Waals surface area contributed by atoms with Crippen LogP contribution in [0.15, 0.2) is 212 Å². The molecule has 0 fully saturated rings. The molecule has 3 aromatic heterocycles. The molecule has 290 valence electrons. The minimum Gasteiger partial charge on any atom is -0.208 e.